The number of benzene rings is 6. The second-order valence-corrected chi connectivity index (χ2v) is 17.6. The van der Waals surface area contributed by atoms with Crippen LogP contribution >= 0.6 is 0 Å². The second-order valence-electron chi connectivity index (χ2n) is 14.1. The van der Waals surface area contributed by atoms with Gasteiger partial charge in [-0.1, -0.05) is 50.2 Å². The minimum Gasteiger partial charge on any atom is -0.478 e. The van der Waals surface area contributed by atoms with Crippen molar-refractivity contribution in [3.63, 3.8) is 0 Å². The van der Waals surface area contributed by atoms with E-state index in [1.54, 1.807) is 43.3 Å². The molecule has 0 aliphatic carbocycles. The fourth-order valence-corrected chi connectivity index (χ4v) is 8.31. The van der Waals surface area contributed by atoms with Gasteiger partial charge >= 0.3 is 11.9 Å². The molecule has 0 fully saturated rings. The Labute approximate surface area is 368 Å². The van der Waals surface area contributed by atoms with Crippen LogP contribution in [0.2, 0.25) is 0 Å². The largest absolute Gasteiger partial charge is 0.478 e. The van der Waals surface area contributed by atoms with Gasteiger partial charge in [0.1, 0.15) is 34.6 Å². The molecule has 6 aromatic rings. The van der Waals surface area contributed by atoms with Gasteiger partial charge in [0.2, 0.25) is 20.0 Å². The maximum absolute atomic E-state index is 13.4. The van der Waals surface area contributed by atoms with Crippen LogP contribution in [-0.2, 0) is 45.7 Å². The van der Waals surface area contributed by atoms with E-state index in [0.717, 1.165) is 11.1 Å². The summed E-state index contributed by atoms with van der Waals surface area (Å²) in [7, 11) is -7.67. The number of aryl methyl sites for hydroxylation is 3. The number of carboxylic acid groups (broad SMARTS) is 2. The smallest absolute Gasteiger partial charge is 0.336 e. The van der Waals surface area contributed by atoms with E-state index in [9.17, 15) is 45.4 Å². The average molecular weight is 905 g/mol. The van der Waals surface area contributed by atoms with E-state index in [4.69, 9.17) is 9.47 Å². The molecule has 0 aliphatic heterocycles. The zero-order valence-electron chi connectivity index (χ0n) is 34.6. The zero-order chi connectivity index (χ0) is 45.7. The van der Waals surface area contributed by atoms with E-state index >= 15 is 0 Å². The van der Waals surface area contributed by atoms with E-state index in [0.29, 0.717) is 65.4 Å². The van der Waals surface area contributed by atoms with E-state index in [1.807, 2.05) is 38.1 Å². The number of ether oxygens (including phenoxy) is 2. The third-order valence-corrected chi connectivity index (χ3v) is 12.6. The van der Waals surface area contributed by atoms with Crippen molar-refractivity contribution >= 4 is 32.0 Å². The molecule has 334 valence electrons. The van der Waals surface area contributed by atoms with Gasteiger partial charge in [-0.3, -0.25) is 0 Å². The number of carboxylic acids is 2. The van der Waals surface area contributed by atoms with Gasteiger partial charge in [-0.05, 0) is 151 Å². The molecule has 0 radical (unpaired) electrons. The third-order valence-electron chi connectivity index (χ3n) is 9.68. The van der Waals surface area contributed by atoms with E-state index in [1.165, 1.54) is 66.7 Å². The molecule has 0 unspecified atom stereocenters. The molecule has 0 spiro atoms. The molecule has 6 aromatic carbocycles. The number of rotatable bonds is 18. The number of halogens is 2. The van der Waals surface area contributed by atoms with E-state index in [2.05, 4.69) is 9.44 Å². The first-order chi connectivity index (χ1) is 30.0. The van der Waals surface area contributed by atoms with Gasteiger partial charge in [0.25, 0.3) is 0 Å². The maximum atomic E-state index is 13.4. The fourth-order valence-electron chi connectivity index (χ4n) is 6.19. The quantitative estimate of drug-likeness (QED) is 0.0647. The molecule has 0 saturated heterocycles. The Kier molecular flexibility index (Phi) is 16.3. The predicted octanol–water partition coefficient (Wildman–Crippen LogP) is 9.60. The number of sulfonamides is 2. The Morgan fingerprint density at radius 3 is 1.32 bits per heavy atom. The van der Waals surface area contributed by atoms with Gasteiger partial charge in [0.05, 0.1) is 20.9 Å². The molecule has 0 atom stereocenters. The Balaban J connectivity index is 0.000000335. The standard InChI is InChI=1S/C24H24FNO5S.C23H22FNO5S.2H2/c1-3-18-6-10-21(15-22(18)24(27)28)32(29,30)26-13-12-17-4-7-19(8-5-17)31-20-9-11-23(25)16(2)14-20;1-2-17-5-12-21(15-22(17)23(26)27)31(28,29)25-14-13-16-3-8-19(9-4-16)30-20-10-6-18(24)7-11-20;;/h4-11,14-15,26H,3,12-13H2,1-2H3,(H,27,28);3-12,15,25H,2,13-14H2,1H3,(H,26,27);2*1H. The summed E-state index contributed by atoms with van der Waals surface area (Å²) in [5.74, 6) is -0.753. The monoisotopic (exact) mass is 904 g/mol. The van der Waals surface area contributed by atoms with Crippen molar-refractivity contribution in [1.82, 2.24) is 9.44 Å². The van der Waals surface area contributed by atoms with Gasteiger partial charge in [0.15, 0.2) is 0 Å². The number of carbonyl (C=O) groups is 2. The van der Waals surface area contributed by atoms with Gasteiger partial charge in [-0.25, -0.2) is 44.6 Å². The lowest BCUT2D eigenvalue weighted by molar-refractivity contribution is 0.0684. The van der Waals surface area contributed by atoms with Crippen LogP contribution in [0.25, 0.3) is 0 Å². The SMILES string of the molecule is CCc1ccc(S(=O)(=O)NCCc2ccc(Oc3ccc(F)c(C)c3)cc2)cc1C(=O)O.CCc1ccc(S(=O)(=O)NCCc2ccc(Oc3ccc(F)cc3)cc2)cc1C(=O)O.[HH].[HH]. The Morgan fingerprint density at radius 1 is 0.556 bits per heavy atom. The van der Waals surface area contributed by atoms with Crippen molar-refractivity contribution in [3.05, 3.63) is 178 Å². The number of nitrogens with one attached hydrogen (secondary N) is 2. The summed E-state index contributed by atoms with van der Waals surface area (Å²) in [5.41, 5.74) is 3.41. The second kappa shape index (κ2) is 21.6. The van der Waals surface area contributed by atoms with Crippen molar-refractivity contribution in [3.8, 4) is 23.0 Å². The maximum Gasteiger partial charge on any atom is 0.336 e. The molecule has 6 rings (SSSR count). The molecule has 0 aliphatic rings. The van der Waals surface area contributed by atoms with Crippen molar-refractivity contribution < 1.29 is 57.7 Å². The van der Waals surface area contributed by atoms with Crippen LogP contribution in [0.5, 0.6) is 23.0 Å². The minimum atomic E-state index is -3.84. The van der Waals surface area contributed by atoms with Crippen LogP contribution < -0.4 is 18.9 Å². The molecule has 0 heterocycles. The Hall–Kier alpha value is -6.46. The summed E-state index contributed by atoms with van der Waals surface area (Å²) in [6, 6.07) is 32.7. The number of hydrogen-bond acceptors (Lipinski definition) is 8. The fraction of sp³-hybridized carbons (Fsp3) is 0.191. The van der Waals surface area contributed by atoms with Crippen LogP contribution in [0.1, 0.15) is 65.2 Å². The number of hydrogen-bond donors (Lipinski definition) is 4. The number of aromatic carboxylic acids is 2. The molecular weight excluding hydrogens is 855 g/mol. The van der Waals surface area contributed by atoms with Crippen molar-refractivity contribution in [1.29, 1.82) is 0 Å². The molecule has 4 N–H and O–H groups in total. The lowest BCUT2D eigenvalue weighted by Gasteiger charge is -2.10. The van der Waals surface area contributed by atoms with E-state index in [-0.39, 0.29) is 48.5 Å². The first kappa shape index (κ1) is 47.6. The van der Waals surface area contributed by atoms with Crippen molar-refractivity contribution in [2.24, 2.45) is 0 Å². The predicted molar refractivity (Wildman–Crippen MR) is 238 cm³/mol. The molecule has 0 bridgehead atoms. The summed E-state index contributed by atoms with van der Waals surface area (Å²) < 4.78 is 92.8. The van der Waals surface area contributed by atoms with Gasteiger partial charge in [-0.2, -0.15) is 0 Å². The molecular formula is C47H50F2N2O10S2. The topological polar surface area (TPSA) is 185 Å². The average Bonchev–Trinajstić information content (AvgIpc) is 3.26. The molecule has 16 heteroatoms. The normalized spacial score (nSPS) is 11.3. The highest BCUT2D eigenvalue weighted by Crippen LogP contribution is 2.25. The van der Waals surface area contributed by atoms with Crippen molar-refractivity contribution in [2.45, 2.75) is 56.2 Å². The molecule has 63 heavy (non-hydrogen) atoms. The van der Waals surface area contributed by atoms with Gasteiger partial charge < -0.3 is 19.7 Å². The lowest BCUT2D eigenvalue weighted by Crippen LogP contribution is -2.26. The Bertz CT molecular complexity index is 2780. The highest BCUT2D eigenvalue weighted by atomic mass is 32.2. The zero-order valence-corrected chi connectivity index (χ0v) is 36.2. The van der Waals surface area contributed by atoms with E-state index < -0.39 is 32.0 Å². The first-order valence-corrected chi connectivity index (χ1v) is 22.7. The lowest BCUT2D eigenvalue weighted by atomic mass is 10.1. The minimum absolute atomic E-state index is 0. The molecule has 0 saturated carbocycles. The summed E-state index contributed by atoms with van der Waals surface area (Å²) >= 11 is 0. The van der Waals surface area contributed by atoms with Crippen LogP contribution in [0.15, 0.2) is 137 Å². The summed E-state index contributed by atoms with van der Waals surface area (Å²) in [6.45, 7) is 5.58. The molecule has 0 amide bonds. The molecule has 0 aromatic heterocycles. The van der Waals surface area contributed by atoms with Gasteiger partial charge in [0, 0.05) is 15.9 Å². The third kappa shape index (κ3) is 13.5. The highest BCUT2D eigenvalue weighted by molar-refractivity contribution is 7.89. The molecule has 12 nitrogen and oxygen atoms in total. The summed E-state index contributed by atoms with van der Waals surface area (Å²) in [6.07, 6.45) is 1.87. The van der Waals surface area contributed by atoms with Crippen LogP contribution in [0, 0.1) is 18.6 Å². The first-order valence-electron chi connectivity index (χ1n) is 19.7. The van der Waals surface area contributed by atoms with Crippen LogP contribution in [0.3, 0.4) is 0 Å². The highest BCUT2D eigenvalue weighted by Gasteiger charge is 2.20. The summed E-state index contributed by atoms with van der Waals surface area (Å²) in [4.78, 5) is 22.6. The van der Waals surface area contributed by atoms with Gasteiger partial charge in [-0.15, -0.1) is 0 Å². The van der Waals surface area contributed by atoms with Crippen molar-refractivity contribution in [2.75, 3.05) is 13.1 Å². The van der Waals surface area contributed by atoms with Crippen LogP contribution in [-0.4, -0.2) is 52.1 Å². The van der Waals surface area contributed by atoms with Crippen LogP contribution in [0.4, 0.5) is 8.78 Å². The summed E-state index contributed by atoms with van der Waals surface area (Å²) in [5, 5.41) is 18.6. The Morgan fingerprint density at radius 2 is 0.937 bits per heavy atom.